The first-order valence-corrected chi connectivity index (χ1v) is 7.63. The normalized spacial score (nSPS) is 22.4. The van der Waals surface area contributed by atoms with Crippen LogP contribution < -0.4 is 10.1 Å². The summed E-state index contributed by atoms with van der Waals surface area (Å²) in [4.78, 5) is 0. The van der Waals surface area contributed by atoms with E-state index in [4.69, 9.17) is 9.47 Å². The molecule has 2 rings (SSSR count). The van der Waals surface area contributed by atoms with Crippen LogP contribution in [0.3, 0.4) is 0 Å². The van der Waals surface area contributed by atoms with Gasteiger partial charge in [0, 0.05) is 12.6 Å². The average Bonchev–Trinajstić information content (AvgIpc) is 2.81. The summed E-state index contributed by atoms with van der Waals surface area (Å²) in [5, 5.41) is 3.43. The summed E-state index contributed by atoms with van der Waals surface area (Å²) in [6.45, 7) is 10.1. The van der Waals surface area contributed by atoms with Crippen LogP contribution in [0.15, 0.2) is 18.2 Å². The molecular formula is C17H27NO2. The van der Waals surface area contributed by atoms with E-state index in [-0.39, 0.29) is 6.10 Å². The fraction of sp³-hybridized carbons (Fsp3) is 0.647. The molecule has 1 aliphatic rings. The van der Waals surface area contributed by atoms with Crippen molar-refractivity contribution in [1.29, 1.82) is 0 Å². The third-order valence-corrected chi connectivity index (χ3v) is 3.58. The summed E-state index contributed by atoms with van der Waals surface area (Å²) in [7, 11) is 0. The van der Waals surface area contributed by atoms with E-state index < -0.39 is 0 Å². The number of hydrogen-bond donors (Lipinski definition) is 1. The van der Waals surface area contributed by atoms with Crippen LogP contribution in [0, 0.1) is 13.8 Å². The van der Waals surface area contributed by atoms with E-state index in [0.29, 0.717) is 18.8 Å². The van der Waals surface area contributed by atoms with Gasteiger partial charge in [-0.15, -0.1) is 0 Å². The van der Waals surface area contributed by atoms with Crippen molar-refractivity contribution < 1.29 is 9.47 Å². The van der Waals surface area contributed by atoms with E-state index in [9.17, 15) is 0 Å². The molecule has 0 amide bonds. The van der Waals surface area contributed by atoms with Crippen molar-refractivity contribution in [1.82, 2.24) is 5.32 Å². The van der Waals surface area contributed by atoms with Crippen LogP contribution in [0.2, 0.25) is 0 Å². The Kier molecular flexibility index (Phi) is 5.44. The maximum Gasteiger partial charge on any atom is 0.119 e. The largest absolute Gasteiger partial charge is 0.491 e. The predicted octanol–water partition coefficient (Wildman–Crippen LogP) is 3.23. The minimum Gasteiger partial charge on any atom is -0.491 e. The number of hydrogen-bond acceptors (Lipinski definition) is 3. The SMILES string of the molecule is Cc1cc(C)cc(OCC2CCC(CNC(C)C)O2)c1. The molecule has 2 unspecified atom stereocenters. The van der Waals surface area contributed by atoms with Gasteiger partial charge in [-0.3, -0.25) is 0 Å². The Labute approximate surface area is 122 Å². The first-order valence-electron chi connectivity index (χ1n) is 7.63. The molecule has 1 aromatic carbocycles. The molecule has 1 fully saturated rings. The van der Waals surface area contributed by atoms with E-state index in [2.05, 4.69) is 51.2 Å². The van der Waals surface area contributed by atoms with Gasteiger partial charge in [0.05, 0.1) is 12.2 Å². The van der Waals surface area contributed by atoms with Gasteiger partial charge in [0.2, 0.25) is 0 Å². The summed E-state index contributed by atoms with van der Waals surface area (Å²) in [5.74, 6) is 0.954. The molecule has 1 N–H and O–H groups in total. The highest BCUT2D eigenvalue weighted by molar-refractivity contribution is 5.32. The van der Waals surface area contributed by atoms with E-state index in [1.807, 2.05) is 0 Å². The highest BCUT2D eigenvalue weighted by Gasteiger charge is 2.25. The molecule has 0 spiro atoms. The lowest BCUT2D eigenvalue weighted by Gasteiger charge is -2.16. The Morgan fingerprint density at radius 3 is 2.45 bits per heavy atom. The molecule has 0 radical (unpaired) electrons. The topological polar surface area (TPSA) is 30.5 Å². The number of benzene rings is 1. The van der Waals surface area contributed by atoms with Crippen LogP contribution in [0.4, 0.5) is 0 Å². The number of nitrogens with one attached hydrogen (secondary N) is 1. The zero-order valence-corrected chi connectivity index (χ0v) is 13.1. The van der Waals surface area contributed by atoms with Crippen LogP contribution in [0.5, 0.6) is 5.75 Å². The summed E-state index contributed by atoms with van der Waals surface area (Å²) < 4.78 is 11.9. The maximum absolute atomic E-state index is 6.01. The lowest BCUT2D eigenvalue weighted by molar-refractivity contribution is 0.0178. The molecule has 3 nitrogen and oxygen atoms in total. The third kappa shape index (κ3) is 4.80. The highest BCUT2D eigenvalue weighted by Crippen LogP contribution is 2.22. The minimum atomic E-state index is 0.231. The zero-order chi connectivity index (χ0) is 14.5. The Hall–Kier alpha value is -1.06. The Balaban J connectivity index is 1.75. The summed E-state index contributed by atoms with van der Waals surface area (Å²) in [6.07, 6.45) is 2.79. The fourth-order valence-electron chi connectivity index (χ4n) is 2.63. The average molecular weight is 277 g/mol. The predicted molar refractivity (Wildman–Crippen MR) is 82.4 cm³/mol. The van der Waals surface area contributed by atoms with Gasteiger partial charge >= 0.3 is 0 Å². The molecule has 112 valence electrons. The van der Waals surface area contributed by atoms with Gasteiger partial charge < -0.3 is 14.8 Å². The van der Waals surface area contributed by atoms with Gasteiger partial charge in [0.25, 0.3) is 0 Å². The second kappa shape index (κ2) is 7.09. The van der Waals surface area contributed by atoms with Gasteiger partial charge in [-0.05, 0) is 49.9 Å². The van der Waals surface area contributed by atoms with E-state index in [0.717, 1.165) is 25.1 Å². The van der Waals surface area contributed by atoms with Crippen molar-refractivity contribution >= 4 is 0 Å². The Morgan fingerprint density at radius 1 is 1.15 bits per heavy atom. The molecule has 0 saturated carbocycles. The van der Waals surface area contributed by atoms with Crippen molar-refractivity contribution in [2.45, 2.75) is 58.8 Å². The molecule has 3 heteroatoms. The van der Waals surface area contributed by atoms with Crippen molar-refractivity contribution in [2.24, 2.45) is 0 Å². The quantitative estimate of drug-likeness (QED) is 0.866. The van der Waals surface area contributed by atoms with Gasteiger partial charge in [0.1, 0.15) is 12.4 Å². The van der Waals surface area contributed by atoms with Gasteiger partial charge in [0.15, 0.2) is 0 Å². The number of rotatable bonds is 6. The van der Waals surface area contributed by atoms with Crippen molar-refractivity contribution in [2.75, 3.05) is 13.2 Å². The molecule has 0 aromatic heterocycles. The van der Waals surface area contributed by atoms with Crippen LogP contribution >= 0.6 is 0 Å². The van der Waals surface area contributed by atoms with Crippen molar-refractivity contribution in [3.05, 3.63) is 29.3 Å². The van der Waals surface area contributed by atoms with Gasteiger partial charge in [-0.25, -0.2) is 0 Å². The second-order valence-electron chi connectivity index (χ2n) is 6.15. The molecule has 0 bridgehead atoms. The first-order chi connectivity index (χ1) is 9.52. The lowest BCUT2D eigenvalue weighted by atomic mass is 10.1. The summed E-state index contributed by atoms with van der Waals surface area (Å²) >= 11 is 0. The Morgan fingerprint density at radius 2 is 1.80 bits per heavy atom. The van der Waals surface area contributed by atoms with Gasteiger partial charge in [-0.2, -0.15) is 0 Å². The van der Waals surface area contributed by atoms with E-state index in [1.165, 1.54) is 11.1 Å². The second-order valence-corrected chi connectivity index (χ2v) is 6.15. The van der Waals surface area contributed by atoms with Gasteiger partial charge in [-0.1, -0.05) is 19.9 Å². The molecule has 1 saturated heterocycles. The molecule has 0 aliphatic carbocycles. The zero-order valence-electron chi connectivity index (χ0n) is 13.1. The summed E-state index contributed by atoms with van der Waals surface area (Å²) in [5.41, 5.74) is 2.48. The molecule has 20 heavy (non-hydrogen) atoms. The minimum absolute atomic E-state index is 0.231. The molecule has 1 heterocycles. The third-order valence-electron chi connectivity index (χ3n) is 3.58. The Bertz CT molecular complexity index is 411. The van der Waals surface area contributed by atoms with Crippen LogP contribution in [-0.2, 0) is 4.74 Å². The molecule has 1 aromatic rings. The molecule has 1 aliphatic heterocycles. The van der Waals surface area contributed by atoms with Crippen LogP contribution in [-0.4, -0.2) is 31.4 Å². The van der Waals surface area contributed by atoms with Crippen LogP contribution in [0.1, 0.15) is 37.8 Å². The summed E-state index contributed by atoms with van der Waals surface area (Å²) in [6, 6.07) is 6.84. The smallest absolute Gasteiger partial charge is 0.119 e. The van der Waals surface area contributed by atoms with E-state index in [1.54, 1.807) is 0 Å². The number of aryl methyl sites for hydroxylation is 2. The van der Waals surface area contributed by atoms with Crippen molar-refractivity contribution in [3.63, 3.8) is 0 Å². The standard InChI is InChI=1S/C17H27NO2/c1-12(2)18-10-15-5-6-16(20-15)11-19-17-8-13(3)7-14(4)9-17/h7-9,12,15-16,18H,5-6,10-11H2,1-4H3. The van der Waals surface area contributed by atoms with Crippen LogP contribution in [0.25, 0.3) is 0 Å². The maximum atomic E-state index is 6.01. The molecule has 2 atom stereocenters. The fourth-order valence-corrected chi connectivity index (χ4v) is 2.63. The van der Waals surface area contributed by atoms with Crippen molar-refractivity contribution in [3.8, 4) is 5.75 Å². The van der Waals surface area contributed by atoms with E-state index >= 15 is 0 Å². The highest BCUT2D eigenvalue weighted by atomic mass is 16.5. The first kappa shape index (κ1) is 15.3. The monoisotopic (exact) mass is 277 g/mol. The lowest BCUT2D eigenvalue weighted by Crippen LogP contribution is -2.32. The molecular weight excluding hydrogens is 250 g/mol. The number of ether oxygens (including phenoxy) is 2.